The third-order valence-corrected chi connectivity index (χ3v) is 5.85. The number of amides is 1. The molecular weight excluding hydrogens is 362 g/mol. The summed E-state index contributed by atoms with van der Waals surface area (Å²) < 4.78 is 5.29. The van der Waals surface area contributed by atoms with Crippen LogP contribution in [0, 0.1) is 0 Å². The van der Waals surface area contributed by atoms with Gasteiger partial charge in [0.15, 0.2) is 0 Å². The number of nitrogens with one attached hydrogen (secondary N) is 2. The van der Waals surface area contributed by atoms with E-state index in [1.807, 2.05) is 36.5 Å². The lowest BCUT2D eigenvalue weighted by atomic mass is 9.94. The van der Waals surface area contributed by atoms with Crippen molar-refractivity contribution >= 4 is 16.8 Å². The summed E-state index contributed by atoms with van der Waals surface area (Å²) in [4.78, 5) is 18.6. The van der Waals surface area contributed by atoms with E-state index >= 15 is 0 Å². The number of methoxy groups -OCH3 is 1. The highest BCUT2D eigenvalue weighted by molar-refractivity contribution is 5.89. The minimum atomic E-state index is 0.0802. The number of para-hydroxylation sites is 1. The molecule has 5 heteroatoms. The minimum Gasteiger partial charge on any atom is -0.497 e. The lowest BCUT2D eigenvalue weighted by Gasteiger charge is -2.20. The molecule has 1 saturated heterocycles. The summed E-state index contributed by atoms with van der Waals surface area (Å²) in [5, 5.41) is 4.44. The van der Waals surface area contributed by atoms with Gasteiger partial charge in [0, 0.05) is 42.1 Å². The molecular formula is C24H29N3O2. The van der Waals surface area contributed by atoms with Crippen molar-refractivity contribution in [3.05, 3.63) is 65.9 Å². The van der Waals surface area contributed by atoms with Crippen molar-refractivity contribution in [2.45, 2.75) is 31.7 Å². The molecule has 0 aliphatic carbocycles. The van der Waals surface area contributed by atoms with Gasteiger partial charge in [-0.2, -0.15) is 0 Å². The molecule has 29 heavy (non-hydrogen) atoms. The lowest BCUT2D eigenvalue weighted by molar-refractivity contribution is -0.121. The van der Waals surface area contributed by atoms with Gasteiger partial charge in [0.05, 0.1) is 13.5 Å². The maximum absolute atomic E-state index is 12.9. The van der Waals surface area contributed by atoms with Gasteiger partial charge < -0.3 is 19.9 Å². The Morgan fingerprint density at radius 3 is 2.72 bits per heavy atom. The molecule has 4 rings (SSSR count). The lowest BCUT2D eigenvalue weighted by Crippen LogP contribution is -2.40. The average Bonchev–Trinajstić information content (AvgIpc) is 3.32. The van der Waals surface area contributed by atoms with E-state index in [4.69, 9.17) is 4.74 Å². The molecule has 0 saturated carbocycles. The SMILES string of the molecule is CCCN1C[C@@H](NC(=O)Cc2c[nH]c3ccccc23)[C@H](c2ccc(OC)cc2)C1. The van der Waals surface area contributed by atoms with E-state index in [9.17, 15) is 4.79 Å². The Morgan fingerprint density at radius 1 is 1.17 bits per heavy atom. The van der Waals surface area contributed by atoms with E-state index in [0.29, 0.717) is 12.3 Å². The van der Waals surface area contributed by atoms with Crippen LogP contribution in [0.3, 0.4) is 0 Å². The van der Waals surface area contributed by atoms with Crippen molar-refractivity contribution in [1.82, 2.24) is 15.2 Å². The smallest absolute Gasteiger partial charge is 0.224 e. The third-order valence-electron chi connectivity index (χ3n) is 5.85. The number of ether oxygens (including phenoxy) is 1. The van der Waals surface area contributed by atoms with E-state index < -0.39 is 0 Å². The van der Waals surface area contributed by atoms with Crippen LogP contribution in [-0.2, 0) is 11.2 Å². The Bertz CT molecular complexity index is 964. The van der Waals surface area contributed by atoms with Crippen molar-refractivity contribution in [2.75, 3.05) is 26.7 Å². The molecule has 0 spiro atoms. The second-order valence-electron chi connectivity index (χ2n) is 7.85. The van der Waals surface area contributed by atoms with E-state index in [2.05, 4.69) is 40.3 Å². The van der Waals surface area contributed by atoms with Gasteiger partial charge in [-0.05, 0) is 42.3 Å². The number of hydrogen-bond donors (Lipinski definition) is 2. The van der Waals surface area contributed by atoms with Gasteiger partial charge in [-0.15, -0.1) is 0 Å². The molecule has 2 atom stereocenters. The molecule has 1 amide bonds. The first kappa shape index (κ1) is 19.5. The van der Waals surface area contributed by atoms with Crippen molar-refractivity contribution in [3.8, 4) is 5.75 Å². The summed E-state index contributed by atoms with van der Waals surface area (Å²) in [6.07, 6.45) is 3.46. The number of aromatic amines is 1. The van der Waals surface area contributed by atoms with Crippen molar-refractivity contribution in [3.63, 3.8) is 0 Å². The van der Waals surface area contributed by atoms with Crippen LogP contribution >= 0.6 is 0 Å². The maximum atomic E-state index is 12.9. The van der Waals surface area contributed by atoms with E-state index in [1.165, 1.54) is 5.56 Å². The number of aromatic nitrogens is 1. The highest BCUT2D eigenvalue weighted by Gasteiger charge is 2.34. The number of carbonyl (C=O) groups is 1. The Kier molecular flexibility index (Phi) is 5.86. The predicted octanol–water partition coefficient (Wildman–Crippen LogP) is 3.71. The summed E-state index contributed by atoms with van der Waals surface area (Å²) >= 11 is 0. The average molecular weight is 392 g/mol. The van der Waals surface area contributed by atoms with Crippen LogP contribution in [0.4, 0.5) is 0 Å². The van der Waals surface area contributed by atoms with Gasteiger partial charge in [0.25, 0.3) is 0 Å². The molecule has 0 unspecified atom stereocenters. The van der Waals surface area contributed by atoms with Gasteiger partial charge >= 0.3 is 0 Å². The van der Waals surface area contributed by atoms with Crippen LogP contribution < -0.4 is 10.1 Å². The number of carbonyl (C=O) groups excluding carboxylic acids is 1. The van der Waals surface area contributed by atoms with Gasteiger partial charge in [-0.1, -0.05) is 37.3 Å². The maximum Gasteiger partial charge on any atom is 0.224 e. The highest BCUT2D eigenvalue weighted by atomic mass is 16.5. The standard InChI is InChI=1S/C24H29N3O2/c1-3-12-27-15-21(17-8-10-19(29-2)11-9-17)23(16-27)26-24(28)13-18-14-25-22-7-5-4-6-20(18)22/h4-11,14,21,23,25H,3,12-13,15-16H2,1-2H3,(H,26,28)/t21-,23+/m0/s1. The number of fused-ring (bicyclic) bond motifs is 1. The predicted molar refractivity (Wildman–Crippen MR) is 116 cm³/mol. The zero-order valence-electron chi connectivity index (χ0n) is 17.2. The zero-order valence-corrected chi connectivity index (χ0v) is 17.2. The third kappa shape index (κ3) is 4.30. The van der Waals surface area contributed by atoms with Gasteiger partial charge in [0.1, 0.15) is 5.75 Å². The number of nitrogens with zero attached hydrogens (tertiary/aromatic N) is 1. The molecule has 1 fully saturated rings. The molecule has 0 radical (unpaired) electrons. The van der Waals surface area contributed by atoms with Crippen molar-refractivity contribution < 1.29 is 9.53 Å². The normalized spacial score (nSPS) is 19.5. The molecule has 1 aliphatic heterocycles. The Labute approximate surface area is 172 Å². The summed E-state index contributed by atoms with van der Waals surface area (Å²) in [7, 11) is 1.68. The molecule has 3 aromatic rings. The van der Waals surface area contributed by atoms with Gasteiger partial charge in [0.2, 0.25) is 5.91 Å². The largest absolute Gasteiger partial charge is 0.497 e. The fraction of sp³-hybridized carbons (Fsp3) is 0.375. The van der Waals surface area contributed by atoms with Crippen LogP contribution in [0.25, 0.3) is 10.9 Å². The van der Waals surface area contributed by atoms with Crippen molar-refractivity contribution in [2.24, 2.45) is 0 Å². The Morgan fingerprint density at radius 2 is 1.97 bits per heavy atom. The molecule has 152 valence electrons. The first-order valence-corrected chi connectivity index (χ1v) is 10.4. The first-order chi connectivity index (χ1) is 14.2. The molecule has 5 nitrogen and oxygen atoms in total. The van der Waals surface area contributed by atoms with E-state index in [0.717, 1.165) is 48.3 Å². The second-order valence-corrected chi connectivity index (χ2v) is 7.85. The highest BCUT2D eigenvalue weighted by Crippen LogP contribution is 2.29. The molecule has 0 bridgehead atoms. The van der Waals surface area contributed by atoms with E-state index in [-0.39, 0.29) is 11.9 Å². The topological polar surface area (TPSA) is 57.4 Å². The molecule has 2 N–H and O–H groups in total. The molecule has 1 aliphatic rings. The van der Waals surface area contributed by atoms with Gasteiger partial charge in [-0.25, -0.2) is 0 Å². The van der Waals surface area contributed by atoms with Crippen LogP contribution in [0.5, 0.6) is 5.75 Å². The van der Waals surface area contributed by atoms with Crippen LogP contribution in [0.2, 0.25) is 0 Å². The molecule has 1 aromatic heterocycles. The summed E-state index contributed by atoms with van der Waals surface area (Å²) in [6.45, 7) is 5.12. The Hall–Kier alpha value is -2.79. The minimum absolute atomic E-state index is 0.0802. The Balaban J connectivity index is 1.48. The van der Waals surface area contributed by atoms with Crippen LogP contribution in [0.15, 0.2) is 54.7 Å². The summed E-state index contributed by atoms with van der Waals surface area (Å²) in [5.41, 5.74) is 3.37. The second kappa shape index (κ2) is 8.70. The van der Waals surface area contributed by atoms with E-state index in [1.54, 1.807) is 7.11 Å². The summed E-state index contributed by atoms with van der Waals surface area (Å²) in [6, 6.07) is 16.5. The fourth-order valence-electron chi connectivity index (χ4n) is 4.43. The number of likely N-dealkylation sites (tertiary alicyclic amines) is 1. The van der Waals surface area contributed by atoms with Gasteiger partial charge in [-0.3, -0.25) is 4.79 Å². The van der Waals surface area contributed by atoms with Crippen LogP contribution in [0.1, 0.15) is 30.4 Å². The number of hydrogen-bond acceptors (Lipinski definition) is 3. The molecule has 2 heterocycles. The first-order valence-electron chi connectivity index (χ1n) is 10.4. The molecule has 2 aromatic carbocycles. The monoisotopic (exact) mass is 391 g/mol. The fourth-order valence-corrected chi connectivity index (χ4v) is 4.43. The van der Waals surface area contributed by atoms with Crippen LogP contribution in [-0.4, -0.2) is 48.6 Å². The number of H-pyrrole nitrogens is 1. The summed E-state index contributed by atoms with van der Waals surface area (Å²) in [5.74, 6) is 1.23. The quantitative estimate of drug-likeness (QED) is 0.645. The van der Waals surface area contributed by atoms with Crippen molar-refractivity contribution in [1.29, 1.82) is 0 Å². The number of rotatable bonds is 7. The zero-order chi connectivity index (χ0) is 20.2. The number of benzene rings is 2.